The third kappa shape index (κ3) is 3.84. The summed E-state index contributed by atoms with van der Waals surface area (Å²) < 4.78 is 0. The summed E-state index contributed by atoms with van der Waals surface area (Å²) in [5, 5.41) is 3.23. The predicted octanol–water partition coefficient (Wildman–Crippen LogP) is 2.35. The number of carbonyl (C=O) groups excluding carboxylic acids is 2. The van der Waals surface area contributed by atoms with Gasteiger partial charge in [-0.15, -0.1) is 0 Å². The van der Waals surface area contributed by atoms with Gasteiger partial charge in [-0.25, -0.2) is 4.79 Å². The number of hydrogen-bond donors (Lipinski definition) is 2. The molecular weight excluding hydrogens is 290 g/mol. The average Bonchev–Trinajstić information content (AvgIpc) is 3.38. The molecule has 23 heavy (non-hydrogen) atoms. The van der Waals surface area contributed by atoms with E-state index in [1.807, 2.05) is 0 Å². The second kappa shape index (κ2) is 6.60. The number of nitrogens with one attached hydrogen (secondary N) is 1. The minimum Gasteiger partial charge on any atom is -0.351 e. The zero-order valence-electron chi connectivity index (χ0n) is 13.6. The van der Waals surface area contributed by atoms with Gasteiger partial charge in [0.25, 0.3) is 0 Å². The van der Waals surface area contributed by atoms with Crippen LogP contribution < -0.4 is 11.1 Å². The van der Waals surface area contributed by atoms with Crippen LogP contribution in [0.5, 0.6) is 0 Å². The highest BCUT2D eigenvalue weighted by Crippen LogP contribution is 2.41. The Kier molecular flexibility index (Phi) is 4.55. The van der Waals surface area contributed by atoms with Crippen molar-refractivity contribution in [3.05, 3.63) is 35.4 Å². The molecule has 1 aliphatic heterocycles. The summed E-state index contributed by atoms with van der Waals surface area (Å²) >= 11 is 0. The van der Waals surface area contributed by atoms with Gasteiger partial charge in [0.15, 0.2) is 0 Å². The third-order valence-electron chi connectivity index (χ3n) is 4.93. The van der Waals surface area contributed by atoms with Crippen molar-refractivity contribution in [3.63, 3.8) is 0 Å². The second-order valence-corrected chi connectivity index (χ2v) is 6.86. The van der Waals surface area contributed by atoms with Crippen LogP contribution in [-0.2, 0) is 4.79 Å². The maximum atomic E-state index is 12.7. The fraction of sp³-hybridized carbons (Fsp3) is 0.556. The van der Waals surface area contributed by atoms with Gasteiger partial charge >= 0.3 is 6.03 Å². The fourth-order valence-electron chi connectivity index (χ4n) is 3.34. The van der Waals surface area contributed by atoms with Crippen molar-refractivity contribution in [2.24, 2.45) is 17.6 Å². The first-order chi connectivity index (χ1) is 11.0. The topological polar surface area (TPSA) is 75.4 Å². The van der Waals surface area contributed by atoms with Gasteiger partial charge in [0.2, 0.25) is 5.91 Å². The minimum atomic E-state index is -0.431. The zero-order chi connectivity index (χ0) is 16.4. The summed E-state index contributed by atoms with van der Waals surface area (Å²) in [7, 11) is 0. The normalized spacial score (nSPS) is 22.5. The highest BCUT2D eigenvalue weighted by Gasteiger charge is 2.35. The van der Waals surface area contributed by atoms with Crippen molar-refractivity contribution in [2.75, 3.05) is 13.1 Å². The van der Waals surface area contributed by atoms with E-state index in [2.05, 4.69) is 36.5 Å². The predicted molar refractivity (Wildman–Crippen MR) is 88.7 cm³/mol. The first-order valence-corrected chi connectivity index (χ1v) is 8.46. The van der Waals surface area contributed by atoms with Gasteiger partial charge in [-0.1, -0.05) is 29.8 Å². The number of nitrogens with two attached hydrogens (primary N) is 1. The molecule has 1 saturated heterocycles. The van der Waals surface area contributed by atoms with Gasteiger partial charge in [-0.05, 0) is 44.1 Å². The molecule has 1 aromatic rings. The Balaban J connectivity index is 1.66. The molecule has 0 bridgehead atoms. The van der Waals surface area contributed by atoms with Crippen LogP contribution in [0, 0.1) is 18.8 Å². The first kappa shape index (κ1) is 15.8. The number of carbonyl (C=O) groups is 2. The molecule has 1 aliphatic carbocycles. The van der Waals surface area contributed by atoms with Crippen LogP contribution in [0.25, 0.3) is 0 Å². The molecule has 2 aliphatic rings. The number of benzene rings is 1. The molecule has 5 nitrogen and oxygen atoms in total. The number of likely N-dealkylation sites (tertiary alicyclic amines) is 1. The maximum absolute atomic E-state index is 12.7. The lowest BCUT2D eigenvalue weighted by atomic mass is 9.95. The molecule has 124 valence electrons. The molecule has 5 heteroatoms. The number of piperidine rings is 1. The Morgan fingerprint density at radius 2 is 1.91 bits per heavy atom. The van der Waals surface area contributed by atoms with Crippen molar-refractivity contribution < 1.29 is 9.59 Å². The van der Waals surface area contributed by atoms with E-state index in [9.17, 15) is 9.59 Å². The van der Waals surface area contributed by atoms with Gasteiger partial charge in [0.05, 0.1) is 12.0 Å². The van der Waals surface area contributed by atoms with Crippen LogP contribution in [0.3, 0.4) is 0 Å². The van der Waals surface area contributed by atoms with Crippen molar-refractivity contribution >= 4 is 11.9 Å². The average molecular weight is 315 g/mol. The molecule has 0 aromatic heterocycles. The van der Waals surface area contributed by atoms with Crippen LogP contribution in [-0.4, -0.2) is 29.9 Å². The second-order valence-electron chi connectivity index (χ2n) is 6.86. The van der Waals surface area contributed by atoms with Gasteiger partial charge in [-0.2, -0.15) is 0 Å². The SMILES string of the molecule is Cc1ccc([C@H](NC(=O)[C@H]2CCCN(C(N)=O)C2)C2CC2)cc1. The molecule has 0 unspecified atom stereocenters. The first-order valence-electron chi connectivity index (χ1n) is 8.46. The maximum Gasteiger partial charge on any atom is 0.314 e. The van der Waals surface area contributed by atoms with Crippen molar-refractivity contribution in [3.8, 4) is 0 Å². The van der Waals surface area contributed by atoms with Crippen LogP contribution in [0.15, 0.2) is 24.3 Å². The lowest BCUT2D eigenvalue weighted by Gasteiger charge is -2.32. The standard InChI is InChI=1S/C18H25N3O2/c1-12-4-6-13(7-5-12)16(14-8-9-14)20-17(22)15-3-2-10-21(11-15)18(19)23/h4-7,14-16H,2-3,8-11H2,1H3,(H2,19,23)(H,20,22)/t15-,16-/m0/s1. The summed E-state index contributed by atoms with van der Waals surface area (Å²) in [6.45, 7) is 3.16. The highest BCUT2D eigenvalue weighted by molar-refractivity contribution is 5.81. The quantitative estimate of drug-likeness (QED) is 0.895. The van der Waals surface area contributed by atoms with Crippen molar-refractivity contribution in [1.29, 1.82) is 0 Å². The molecule has 3 rings (SSSR count). The molecule has 2 fully saturated rings. The number of urea groups is 1. The fourth-order valence-corrected chi connectivity index (χ4v) is 3.34. The number of amides is 3. The molecule has 1 saturated carbocycles. The monoisotopic (exact) mass is 315 g/mol. The van der Waals surface area contributed by atoms with E-state index in [1.54, 1.807) is 4.90 Å². The van der Waals surface area contributed by atoms with Gasteiger partial charge in [0, 0.05) is 13.1 Å². The largest absolute Gasteiger partial charge is 0.351 e. The number of nitrogens with zero attached hydrogens (tertiary/aromatic N) is 1. The Hall–Kier alpha value is -2.04. The van der Waals surface area contributed by atoms with E-state index in [0.29, 0.717) is 19.0 Å². The summed E-state index contributed by atoms with van der Waals surface area (Å²) in [6.07, 6.45) is 3.98. The number of primary amides is 1. The van der Waals surface area contributed by atoms with E-state index >= 15 is 0 Å². The number of rotatable bonds is 4. The number of aryl methyl sites for hydroxylation is 1. The zero-order valence-corrected chi connectivity index (χ0v) is 13.6. The Bertz CT molecular complexity index is 580. The Morgan fingerprint density at radius 3 is 2.52 bits per heavy atom. The summed E-state index contributed by atoms with van der Waals surface area (Å²) in [4.78, 5) is 25.6. The summed E-state index contributed by atoms with van der Waals surface area (Å²) in [5.74, 6) is 0.439. The van der Waals surface area contributed by atoms with Crippen molar-refractivity contribution in [1.82, 2.24) is 10.2 Å². The van der Waals surface area contributed by atoms with Crippen molar-refractivity contribution in [2.45, 2.75) is 38.6 Å². The van der Waals surface area contributed by atoms with Crippen LogP contribution in [0.4, 0.5) is 4.79 Å². The lowest BCUT2D eigenvalue weighted by molar-refractivity contribution is -0.127. The molecule has 2 atom stereocenters. The van der Waals surface area contributed by atoms with E-state index in [4.69, 9.17) is 5.73 Å². The van der Waals surface area contributed by atoms with Crippen LogP contribution in [0.2, 0.25) is 0 Å². The van der Waals surface area contributed by atoms with E-state index in [-0.39, 0.29) is 17.9 Å². The Morgan fingerprint density at radius 1 is 1.22 bits per heavy atom. The summed E-state index contributed by atoms with van der Waals surface area (Å²) in [6, 6.07) is 8.05. The smallest absolute Gasteiger partial charge is 0.314 e. The lowest BCUT2D eigenvalue weighted by Crippen LogP contribution is -2.48. The molecule has 1 heterocycles. The molecule has 1 aromatic carbocycles. The third-order valence-corrected chi connectivity index (χ3v) is 4.93. The summed E-state index contributed by atoms with van der Waals surface area (Å²) in [5.41, 5.74) is 7.75. The van der Waals surface area contributed by atoms with Gasteiger partial charge in [-0.3, -0.25) is 4.79 Å². The highest BCUT2D eigenvalue weighted by atomic mass is 16.2. The van der Waals surface area contributed by atoms with E-state index in [1.165, 1.54) is 11.1 Å². The molecule has 3 amide bonds. The van der Waals surface area contributed by atoms with Gasteiger partial charge in [0.1, 0.15) is 0 Å². The Labute approximate surface area is 137 Å². The van der Waals surface area contributed by atoms with Crippen LogP contribution in [0.1, 0.15) is 42.9 Å². The number of hydrogen-bond acceptors (Lipinski definition) is 2. The molecule has 3 N–H and O–H groups in total. The molecule has 0 spiro atoms. The van der Waals surface area contributed by atoms with Gasteiger partial charge < -0.3 is 16.0 Å². The molecular formula is C18H25N3O2. The van der Waals surface area contributed by atoms with E-state index in [0.717, 1.165) is 25.7 Å². The van der Waals surface area contributed by atoms with E-state index < -0.39 is 6.03 Å². The minimum absolute atomic E-state index is 0.0495. The van der Waals surface area contributed by atoms with Crippen LogP contribution >= 0.6 is 0 Å². The molecule has 0 radical (unpaired) electrons.